The van der Waals surface area contributed by atoms with Crippen LogP contribution in [-0.4, -0.2) is 13.2 Å². The lowest BCUT2D eigenvalue weighted by atomic mass is 9.90. The Kier molecular flexibility index (Phi) is 4.24. The van der Waals surface area contributed by atoms with Gasteiger partial charge in [0.1, 0.15) is 0 Å². The lowest BCUT2D eigenvalue weighted by Crippen LogP contribution is -2.19. The zero-order chi connectivity index (χ0) is 9.73. The van der Waals surface area contributed by atoms with E-state index < -0.39 is 0 Å². The summed E-state index contributed by atoms with van der Waals surface area (Å²) in [6.07, 6.45) is 7.07. The van der Waals surface area contributed by atoms with Crippen molar-refractivity contribution < 1.29 is 4.74 Å². The molecule has 0 aromatic rings. The van der Waals surface area contributed by atoms with Crippen LogP contribution >= 0.6 is 0 Å². The van der Waals surface area contributed by atoms with Gasteiger partial charge in [-0.25, -0.2) is 0 Å². The van der Waals surface area contributed by atoms with Crippen molar-refractivity contribution in [3.63, 3.8) is 0 Å². The predicted octanol–water partition coefficient (Wildman–Crippen LogP) is 3.63. The first-order chi connectivity index (χ1) is 6.08. The van der Waals surface area contributed by atoms with Crippen molar-refractivity contribution in [1.29, 1.82) is 0 Å². The molecule has 0 atom stereocenters. The molecule has 1 saturated carbocycles. The smallest absolute Gasteiger partial charge is 0.0514 e. The largest absolute Gasteiger partial charge is 0.381 e. The molecule has 0 radical (unpaired) electrons. The first kappa shape index (κ1) is 11.0. The van der Waals surface area contributed by atoms with E-state index in [1.165, 1.54) is 32.1 Å². The molecule has 0 heterocycles. The number of hydrogen-bond acceptors (Lipinski definition) is 1. The van der Waals surface area contributed by atoms with E-state index >= 15 is 0 Å². The minimum atomic E-state index is 0.328. The van der Waals surface area contributed by atoms with Gasteiger partial charge in [0.25, 0.3) is 0 Å². The zero-order valence-electron chi connectivity index (χ0n) is 9.44. The van der Waals surface area contributed by atoms with Gasteiger partial charge in [0.15, 0.2) is 0 Å². The van der Waals surface area contributed by atoms with Gasteiger partial charge in [0.2, 0.25) is 0 Å². The molecule has 0 aliphatic heterocycles. The topological polar surface area (TPSA) is 9.23 Å². The molecule has 0 saturated heterocycles. The Hall–Kier alpha value is -0.0400. The van der Waals surface area contributed by atoms with Crippen LogP contribution in [0.2, 0.25) is 0 Å². The second-order valence-corrected chi connectivity index (χ2v) is 5.58. The van der Waals surface area contributed by atoms with Crippen LogP contribution in [0.15, 0.2) is 0 Å². The Morgan fingerprint density at radius 1 is 1.08 bits per heavy atom. The maximum Gasteiger partial charge on any atom is 0.0514 e. The maximum atomic E-state index is 5.74. The zero-order valence-corrected chi connectivity index (χ0v) is 9.44. The standard InChI is InChI=1S/C12H24O/c1-12(2,3)10-13-9-11-7-5-4-6-8-11/h11H,4-10H2,1-3H3. The van der Waals surface area contributed by atoms with E-state index in [1.54, 1.807) is 0 Å². The molecule has 1 fully saturated rings. The Labute approximate surface area is 82.9 Å². The third-order valence-electron chi connectivity index (χ3n) is 2.61. The van der Waals surface area contributed by atoms with Crippen LogP contribution in [0.4, 0.5) is 0 Å². The molecule has 1 nitrogen and oxygen atoms in total. The molecule has 1 rings (SSSR count). The highest BCUT2D eigenvalue weighted by atomic mass is 16.5. The Morgan fingerprint density at radius 2 is 1.69 bits per heavy atom. The van der Waals surface area contributed by atoms with Crippen LogP contribution in [0.3, 0.4) is 0 Å². The summed E-state index contributed by atoms with van der Waals surface area (Å²) in [5.74, 6) is 0.857. The molecular weight excluding hydrogens is 160 g/mol. The predicted molar refractivity (Wildman–Crippen MR) is 56.8 cm³/mol. The van der Waals surface area contributed by atoms with Gasteiger partial charge in [-0.2, -0.15) is 0 Å². The highest BCUT2D eigenvalue weighted by Gasteiger charge is 2.15. The fourth-order valence-corrected chi connectivity index (χ4v) is 1.89. The summed E-state index contributed by atoms with van der Waals surface area (Å²) in [5.41, 5.74) is 0.328. The Morgan fingerprint density at radius 3 is 2.23 bits per heavy atom. The third-order valence-corrected chi connectivity index (χ3v) is 2.61. The molecule has 1 heteroatoms. The normalized spacial score (nSPS) is 20.5. The van der Waals surface area contributed by atoms with Crippen LogP contribution in [0.25, 0.3) is 0 Å². The second-order valence-electron chi connectivity index (χ2n) is 5.58. The first-order valence-electron chi connectivity index (χ1n) is 5.66. The summed E-state index contributed by atoms with van der Waals surface area (Å²) in [5, 5.41) is 0. The lowest BCUT2D eigenvalue weighted by Gasteiger charge is -2.24. The van der Waals surface area contributed by atoms with Crippen molar-refractivity contribution in [3.8, 4) is 0 Å². The lowest BCUT2D eigenvalue weighted by molar-refractivity contribution is 0.0390. The molecule has 0 unspecified atom stereocenters. The summed E-state index contributed by atoms with van der Waals surface area (Å²) >= 11 is 0. The van der Waals surface area contributed by atoms with Gasteiger partial charge in [-0.1, -0.05) is 40.0 Å². The fourth-order valence-electron chi connectivity index (χ4n) is 1.89. The van der Waals surface area contributed by atoms with Crippen LogP contribution < -0.4 is 0 Å². The van der Waals surface area contributed by atoms with Crippen molar-refractivity contribution in [2.24, 2.45) is 11.3 Å². The van der Waals surface area contributed by atoms with E-state index in [0.717, 1.165) is 19.1 Å². The summed E-state index contributed by atoms with van der Waals surface area (Å²) < 4.78 is 5.74. The SMILES string of the molecule is CC(C)(C)COCC1CCCCC1. The minimum Gasteiger partial charge on any atom is -0.381 e. The van der Waals surface area contributed by atoms with Crippen molar-refractivity contribution in [2.75, 3.05) is 13.2 Å². The van der Waals surface area contributed by atoms with E-state index in [2.05, 4.69) is 20.8 Å². The number of rotatable bonds is 3. The molecule has 0 N–H and O–H groups in total. The molecule has 13 heavy (non-hydrogen) atoms. The minimum absolute atomic E-state index is 0.328. The van der Waals surface area contributed by atoms with Crippen molar-refractivity contribution >= 4 is 0 Å². The molecular formula is C12H24O. The summed E-state index contributed by atoms with van der Waals surface area (Å²) in [7, 11) is 0. The molecule has 0 spiro atoms. The van der Waals surface area contributed by atoms with Gasteiger partial charge < -0.3 is 4.74 Å². The quantitative estimate of drug-likeness (QED) is 0.651. The van der Waals surface area contributed by atoms with Gasteiger partial charge in [0.05, 0.1) is 6.61 Å². The molecule has 1 aliphatic carbocycles. The summed E-state index contributed by atoms with van der Waals surface area (Å²) in [6, 6.07) is 0. The monoisotopic (exact) mass is 184 g/mol. The Bertz CT molecular complexity index is 129. The average Bonchev–Trinajstić information content (AvgIpc) is 2.04. The van der Waals surface area contributed by atoms with Gasteiger partial charge in [-0.15, -0.1) is 0 Å². The van der Waals surface area contributed by atoms with Gasteiger partial charge in [0, 0.05) is 6.61 Å². The Balaban J connectivity index is 2.04. The molecule has 0 aromatic heterocycles. The van der Waals surface area contributed by atoms with Crippen molar-refractivity contribution in [1.82, 2.24) is 0 Å². The number of hydrogen-bond donors (Lipinski definition) is 0. The van der Waals surface area contributed by atoms with Crippen LogP contribution in [0, 0.1) is 11.3 Å². The highest BCUT2D eigenvalue weighted by Crippen LogP contribution is 2.24. The van der Waals surface area contributed by atoms with Gasteiger partial charge >= 0.3 is 0 Å². The maximum absolute atomic E-state index is 5.74. The molecule has 78 valence electrons. The van der Waals surface area contributed by atoms with E-state index in [9.17, 15) is 0 Å². The highest BCUT2D eigenvalue weighted by molar-refractivity contribution is 4.66. The molecule has 0 aromatic carbocycles. The van der Waals surface area contributed by atoms with E-state index in [1.807, 2.05) is 0 Å². The second kappa shape index (κ2) is 4.99. The van der Waals surface area contributed by atoms with Gasteiger partial charge in [-0.3, -0.25) is 0 Å². The van der Waals surface area contributed by atoms with Crippen LogP contribution in [-0.2, 0) is 4.74 Å². The molecule has 0 bridgehead atoms. The third kappa shape index (κ3) is 5.30. The van der Waals surface area contributed by atoms with Crippen molar-refractivity contribution in [3.05, 3.63) is 0 Å². The van der Waals surface area contributed by atoms with Gasteiger partial charge in [-0.05, 0) is 24.2 Å². The summed E-state index contributed by atoms with van der Waals surface area (Å²) in [6.45, 7) is 8.59. The van der Waals surface area contributed by atoms with E-state index in [0.29, 0.717) is 5.41 Å². The van der Waals surface area contributed by atoms with E-state index in [4.69, 9.17) is 4.74 Å². The molecule has 1 aliphatic rings. The van der Waals surface area contributed by atoms with Crippen LogP contribution in [0.5, 0.6) is 0 Å². The first-order valence-corrected chi connectivity index (χ1v) is 5.66. The van der Waals surface area contributed by atoms with Crippen LogP contribution in [0.1, 0.15) is 52.9 Å². The van der Waals surface area contributed by atoms with Crippen molar-refractivity contribution in [2.45, 2.75) is 52.9 Å². The fraction of sp³-hybridized carbons (Fsp3) is 1.00. The number of ether oxygens (including phenoxy) is 1. The summed E-state index contributed by atoms with van der Waals surface area (Å²) in [4.78, 5) is 0. The van der Waals surface area contributed by atoms with E-state index in [-0.39, 0.29) is 0 Å². The molecule has 0 amide bonds. The average molecular weight is 184 g/mol.